The van der Waals surface area contributed by atoms with E-state index in [0.29, 0.717) is 11.4 Å². The standard InChI is InChI=1S/C56H91N17O17S/c1-26(2)14-35(68-51(84)37(17-31-19-59-24-62-31)67-47(80)33(57)10-12-42(58)75)50(83)72-41(23-91)48(81)61-21-43(76)65-40(22-74)54(87)70-38(18-32-20-60-25-63-32)52(85)69-36(15-27(3)4)53(86)73-45(29(7)8)55(88)66-34(11-13-44(77)78)49(82)64-30(9)46(79)71-39(56(89)90)16-28(5)6/h19-20,24-30,33-41,45,74,91H,10-18,21-23,57H2,1-9H3,(H2,58,75)(H,59,62)(H,60,63)(H,61,81)(H,64,82)(H,65,76)(H,66,88)(H,67,80)(H,68,84)(H,69,85)(H,70,87)(H,71,79)(H,72,83)(H,73,86)(H,77,78)(H,89,90)/t30-,33-,34-,35-,36-,37-,38-,39-,40-,41-,45-/m0/s1. The highest BCUT2D eigenvalue weighted by molar-refractivity contribution is 7.80. The number of carbonyl (C=O) groups excluding carboxylic acids is 12. The maximum absolute atomic E-state index is 14.2. The Morgan fingerprint density at radius 2 is 0.923 bits per heavy atom. The van der Waals surface area contributed by atoms with Gasteiger partial charge in [0.1, 0.15) is 60.4 Å². The predicted octanol–water partition coefficient (Wildman–Crippen LogP) is -4.84. The number of carbonyl (C=O) groups is 14. The number of hydrogen-bond donors (Lipinski definition) is 19. The molecule has 2 aromatic rings. The van der Waals surface area contributed by atoms with Crippen LogP contribution in [-0.2, 0) is 80.0 Å². The number of aromatic nitrogens is 4. The quantitative estimate of drug-likeness (QED) is 0.0277. The molecule has 91 heavy (non-hydrogen) atoms. The fraction of sp³-hybridized carbons (Fsp3) is 0.643. The summed E-state index contributed by atoms with van der Waals surface area (Å²) in [5.74, 6) is -15.1. The molecule has 0 aliphatic rings. The molecule has 34 nitrogen and oxygen atoms in total. The van der Waals surface area contributed by atoms with Crippen molar-refractivity contribution in [3.8, 4) is 0 Å². The monoisotopic (exact) mass is 1310 g/mol. The molecule has 2 rings (SSSR count). The minimum Gasteiger partial charge on any atom is -0.481 e. The fourth-order valence-electron chi connectivity index (χ4n) is 8.73. The van der Waals surface area contributed by atoms with Gasteiger partial charge in [0.25, 0.3) is 0 Å². The van der Waals surface area contributed by atoms with Crippen LogP contribution in [0.2, 0.25) is 0 Å². The molecule has 0 fully saturated rings. The van der Waals surface area contributed by atoms with Crippen molar-refractivity contribution in [3.63, 3.8) is 0 Å². The van der Waals surface area contributed by atoms with Gasteiger partial charge in [-0.2, -0.15) is 12.6 Å². The van der Waals surface area contributed by atoms with E-state index in [1.54, 1.807) is 55.4 Å². The minimum absolute atomic E-state index is 0.0423. The van der Waals surface area contributed by atoms with Crippen LogP contribution in [0.25, 0.3) is 0 Å². The molecule has 0 bridgehead atoms. The second kappa shape index (κ2) is 39.4. The maximum Gasteiger partial charge on any atom is 0.326 e. The number of aliphatic hydroxyl groups is 1. The third-order valence-electron chi connectivity index (χ3n) is 13.6. The highest BCUT2D eigenvalue weighted by atomic mass is 32.1. The molecule has 0 unspecified atom stereocenters. The van der Waals surface area contributed by atoms with Crippen LogP contribution in [0.3, 0.4) is 0 Å². The fourth-order valence-corrected chi connectivity index (χ4v) is 8.99. The van der Waals surface area contributed by atoms with Crippen LogP contribution in [0, 0.1) is 23.7 Å². The highest BCUT2D eigenvalue weighted by Crippen LogP contribution is 2.13. The van der Waals surface area contributed by atoms with E-state index < -0.39 is 181 Å². The Kier molecular flexibility index (Phi) is 33.9. The van der Waals surface area contributed by atoms with E-state index in [1.165, 1.54) is 32.0 Å². The lowest BCUT2D eigenvalue weighted by atomic mass is 9.98. The number of hydrogen-bond acceptors (Lipinski definition) is 19. The molecule has 0 saturated carbocycles. The van der Waals surface area contributed by atoms with Crippen molar-refractivity contribution >= 4 is 95.5 Å². The lowest BCUT2D eigenvalue weighted by molar-refractivity contribution is -0.142. The number of carboxylic acids is 2. The van der Waals surface area contributed by atoms with Crippen molar-refractivity contribution in [3.05, 3.63) is 36.4 Å². The average molecular weight is 1310 g/mol. The molecule has 2 aromatic heterocycles. The van der Waals surface area contributed by atoms with Crippen molar-refractivity contribution < 1.29 is 82.4 Å². The zero-order valence-corrected chi connectivity index (χ0v) is 53.4. The first kappa shape index (κ1) is 78.4. The van der Waals surface area contributed by atoms with E-state index in [4.69, 9.17) is 11.5 Å². The molecular weight excluding hydrogens is 1210 g/mol. The van der Waals surface area contributed by atoms with Gasteiger partial charge in [0.05, 0.1) is 31.8 Å². The van der Waals surface area contributed by atoms with E-state index in [9.17, 15) is 82.4 Å². The van der Waals surface area contributed by atoms with Gasteiger partial charge in [-0.15, -0.1) is 0 Å². The number of thiol groups is 1. The van der Waals surface area contributed by atoms with E-state index in [1.807, 2.05) is 0 Å². The third kappa shape index (κ3) is 29.2. The van der Waals surface area contributed by atoms with Crippen LogP contribution in [0.5, 0.6) is 0 Å². The third-order valence-corrected chi connectivity index (χ3v) is 14.0. The number of aliphatic hydroxyl groups excluding tert-OH is 1. The van der Waals surface area contributed by atoms with Crippen LogP contribution >= 0.6 is 12.6 Å². The van der Waals surface area contributed by atoms with Gasteiger partial charge in [0.2, 0.25) is 70.9 Å². The molecule has 508 valence electrons. The van der Waals surface area contributed by atoms with Gasteiger partial charge < -0.3 is 95.2 Å². The molecule has 0 aromatic carbocycles. The molecule has 12 amide bonds. The Bertz CT molecular complexity index is 2790. The highest BCUT2D eigenvalue weighted by Gasteiger charge is 2.37. The van der Waals surface area contributed by atoms with Crippen LogP contribution in [-0.4, -0.2) is 203 Å². The first-order valence-electron chi connectivity index (χ1n) is 29.6. The van der Waals surface area contributed by atoms with Crippen LogP contribution in [0.15, 0.2) is 25.0 Å². The number of H-pyrrole nitrogens is 2. The molecule has 35 heteroatoms. The van der Waals surface area contributed by atoms with E-state index in [2.05, 4.69) is 91.0 Å². The summed E-state index contributed by atoms with van der Waals surface area (Å²) in [6.45, 7) is 13.0. The lowest BCUT2D eigenvalue weighted by Crippen LogP contribution is -2.61. The van der Waals surface area contributed by atoms with Crippen LogP contribution in [0.4, 0.5) is 0 Å². The summed E-state index contributed by atoms with van der Waals surface area (Å²) in [4.78, 5) is 198. The van der Waals surface area contributed by atoms with Gasteiger partial charge in [-0.25, -0.2) is 14.8 Å². The van der Waals surface area contributed by atoms with Gasteiger partial charge in [0, 0.05) is 55.2 Å². The number of aliphatic carboxylic acids is 2. The maximum atomic E-state index is 14.2. The second-order valence-electron chi connectivity index (χ2n) is 23.4. The summed E-state index contributed by atoms with van der Waals surface area (Å²) in [7, 11) is 0. The van der Waals surface area contributed by atoms with Gasteiger partial charge in [-0.05, 0) is 62.7 Å². The SMILES string of the molecule is CC(C)C[C@H](NC(=O)[C@H](C)NC(=O)[C@H](CCC(=O)O)NC(=O)[C@@H](NC(=O)[C@H](CC(C)C)NC(=O)[C@H](Cc1cnc[nH]1)NC(=O)[C@H](CO)NC(=O)CNC(=O)[C@H](CS)NC(=O)[C@H](CC(C)C)NC(=O)[C@H](Cc1cnc[nH]1)NC(=O)[C@@H](N)CCC(N)=O)C(C)C)C(=O)O. The molecule has 11 atom stereocenters. The van der Waals surface area contributed by atoms with Crippen molar-refractivity contribution in [2.75, 3.05) is 18.9 Å². The van der Waals surface area contributed by atoms with Crippen molar-refractivity contribution in [1.82, 2.24) is 78.4 Å². The summed E-state index contributed by atoms with van der Waals surface area (Å²) in [6.07, 6.45) is 3.66. The van der Waals surface area contributed by atoms with Crippen LogP contribution in [0.1, 0.15) is 119 Å². The summed E-state index contributed by atoms with van der Waals surface area (Å²) in [5, 5.41) is 56.3. The predicted molar refractivity (Wildman–Crippen MR) is 328 cm³/mol. The summed E-state index contributed by atoms with van der Waals surface area (Å²) in [5.41, 5.74) is 11.9. The van der Waals surface area contributed by atoms with E-state index in [0.717, 1.165) is 0 Å². The second-order valence-corrected chi connectivity index (χ2v) is 23.8. The van der Waals surface area contributed by atoms with Gasteiger partial charge >= 0.3 is 11.9 Å². The van der Waals surface area contributed by atoms with Gasteiger partial charge in [-0.1, -0.05) is 55.4 Å². The molecule has 20 N–H and O–H groups in total. The number of aromatic amines is 2. The Morgan fingerprint density at radius 3 is 1.36 bits per heavy atom. The van der Waals surface area contributed by atoms with E-state index >= 15 is 0 Å². The number of rotatable bonds is 42. The largest absolute Gasteiger partial charge is 0.481 e. The van der Waals surface area contributed by atoms with Crippen molar-refractivity contribution in [1.29, 1.82) is 0 Å². The smallest absolute Gasteiger partial charge is 0.326 e. The minimum atomic E-state index is -1.75. The Balaban J connectivity index is 2.25. The summed E-state index contributed by atoms with van der Waals surface area (Å²) in [6, 6.07) is -15.5. The number of primary amides is 1. The summed E-state index contributed by atoms with van der Waals surface area (Å²) >= 11 is 4.19. The molecule has 0 aliphatic carbocycles. The molecule has 0 saturated heterocycles. The molecule has 2 heterocycles. The lowest BCUT2D eigenvalue weighted by Gasteiger charge is -2.29. The number of carboxylic acid groups (broad SMARTS) is 2. The average Bonchev–Trinajstić information content (AvgIpc) is 3.71. The normalized spacial score (nSPS) is 14.9. The number of nitrogens with zero attached hydrogens (tertiary/aromatic N) is 2. The molecule has 0 radical (unpaired) electrons. The molecular formula is C56H91N17O17S. The zero-order chi connectivity index (χ0) is 68.8. The number of amides is 12. The summed E-state index contributed by atoms with van der Waals surface area (Å²) < 4.78 is 0. The number of nitrogens with one attached hydrogen (secondary N) is 13. The Labute approximate surface area is 531 Å². The first-order chi connectivity index (χ1) is 42.6. The van der Waals surface area contributed by atoms with E-state index in [-0.39, 0.29) is 68.5 Å². The zero-order valence-electron chi connectivity index (χ0n) is 52.5. The number of nitrogens with two attached hydrogens (primary N) is 2. The molecule has 0 aliphatic heterocycles. The topological polar surface area (TPSA) is 541 Å². The molecule has 0 spiro atoms. The van der Waals surface area contributed by atoms with Gasteiger partial charge in [-0.3, -0.25) is 62.3 Å². The number of imidazole rings is 2. The van der Waals surface area contributed by atoms with Crippen molar-refractivity contribution in [2.24, 2.45) is 35.1 Å². The Hall–Kier alpha value is -8.73. The first-order valence-corrected chi connectivity index (χ1v) is 30.2. The van der Waals surface area contributed by atoms with Crippen molar-refractivity contribution in [2.45, 2.75) is 187 Å². The van der Waals surface area contributed by atoms with Gasteiger partial charge in [0.15, 0.2) is 0 Å². The van der Waals surface area contributed by atoms with Crippen LogP contribution < -0.4 is 70.0 Å². The Morgan fingerprint density at radius 1 is 0.495 bits per heavy atom.